The van der Waals surface area contributed by atoms with Gasteiger partial charge in [-0.3, -0.25) is 0 Å². The quantitative estimate of drug-likeness (QED) is 0.622. The van der Waals surface area contributed by atoms with E-state index in [0.717, 1.165) is 11.6 Å². The number of aliphatic imine (C=N–C) groups is 1. The molecule has 0 fully saturated rings. The molecule has 2 aromatic rings. The smallest absolute Gasteiger partial charge is 0.347 e. The molecule has 1 atom stereocenters. The van der Waals surface area contributed by atoms with Crippen LogP contribution in [0.4, 0.5) is 13.6 Å². The number of fused-ring (bicyclic) bond motifs is 1. The van der Waals surface area contributed by atoms with Gasteiger partial charge in [0.2, 0.25) is 0 Å². The minimum atomic E-state index is -0.681. The second-order valence-corrected chi connectivity index (χ2v) is 5.92. The summed E-state index contributed by atoms with van der Waals surface area (Å²) >= 11 is 0. The number of carbonyl (C=O) groups is 1. The summed E-state index contributed by atoms with van der Waals surface area (Å²) in [6, 6.07) is 8.14. The fourth-order valence-electron chi connectivity index (χ4n) is 3.13. The lowest BCUT2D eigenvalue weighted by atomic mass is 9.89. The molecule has 8 heteroatoms. The first-order valence-corrected chi connectivity index (χ1v) is 7.89. The fraction of sp³-hybridized carbons (Fsp3) is 0.263. The number of benzene rings is 2. The van der Waals surface area contributed by atoms with Crippen molar-refractivity contribution in [3.63, 3.8) is 0 Å². The van der Waals surface area contributed by atoms with Crippen LogP contribution in [0.15, 0.2) is 41.4 Å². The molecule has 1 aliphatic rings. The number of hydrogen-bond donors (Lipinski definition) is 2. The lowest BCUT2D eigenvalue weighted by Gasteiger charge is -2.34. The summed E-state index contributed by atoms with van der Waals surface area (Å²) < 4.78 is 33.0. The maximum Gasteiger partial charge on any atom is 0.347 e. The Hall–Kier alpha value is -3.00. The average molecular weight is 376 g/mol. The van der Waals surface area contributed by atoms with Crippen LogP contribution in [0.1, 0.15) is 24.7 Å². The number of carbonyl (C=O) groups excluding carboxylic acids is 1. The molecule has 0 radical (unpaired) electrons. The first-order chi connectivity index (χ1) is 12.4. The normalized spacial score (nSPS) is 15.5. The molecule has 27 heavy (non-hydrogen) atoms. The second-order valence-electron chi connectivity index (χ2n) is 5.92. The second kappa shape index (κ2) is 8.13. The van der Waals surface area contributed by atoms with E-state index in [9.17, 15) is 13.6 Å². The number of guanidine groups is 1. The molecule has 4 N–H and O–H groups in total. The Labute approximate surface area is 156 Å². The molecule has 0 saturated heterocycles. The lowest BCUT2D eigenvalue weighted by molar-refractivity contribution is 0.0614. The van der Waals surface area contributed by atoms with Gasteiger partial charge in [0.25, 0.3) is 0 Å². The third-order valence-corrected chi connectivity index (χ3v) is 4.30. The van der Waals surface area contributed by atoms with Gasteiger partial charge in [0, 0.05) is 25.3 Å². The van der Waals surface area contributed by atoms with E-state index >= 15 is 0 Å². The largest absolute Gasteiger partial charge is 0.375 e. The molecule has 6 nitrogen and oxygen atoms in total. The van der Waals surface area contributed by atoms with Gasteiger partial charge in [-0.05, 0) is 28.8 Å². The van der Waals surface area contributed by atoms with Gasteiger partial charge in [-0.25, -0.2) is 13.6 Å². The molecule has 3 rings (SSSR count). The van der Waals surface area contributed by atoms with Gasteiger partial charge in [0.15, 0.2) is 5.96 Å². The van der Waals surface area contributed by atoms with Crippen molar-refractivity contribution in [1.82, 2.24) is 4.90 Å². The highest BCUT2D eigenvalue weighted by Crippen LogP contribution is 2.36. The van der Waals surface area contributed by atoms with E-state index in [4.69, 9.17) is 16.2 Å². The minimum absolute atomic E-state index is 0. The van der Waals surface area contributed by atoms with E-state index in [1.807, 2.05) is 6.07 Å². The van der Waals surface area contributed by atoms with Gasteiger partial charge in [-0.2, -0.15) is 4.99 Å². The van der Waals surface area contributed by atoms with Crippen LogP contribution in [0.5, 0.6) is 0 Å². The van der Waals surface area contributed by atoms with Crippen molar-refractivity contribution in [1.29, 1.82) is 0 Å². The summed E-state index contributed by atoms with van der Waals surface area (Å²) in [6.07, 6.45) is -0.416. The zero-order chi connectivity index (χ0) is 18.8. The van der Waals surface area contributed by atoms with Crippen LogP contribution in [0.25, 0.3) is 11.1 Å². The number of methoxy groups -OCH3 is 1. The molecule has 1 heterocycles. The zero-order valence-electron chi connectivity index (χ0n) is 14.1. The van der Waals surface area contributed by atoms with E-state index in [-0.39, 0.29) is 32.0 Å². The predicted octanol–water partition coefficient (Wildman–Crippen LogP) is 3.16. The van der Waals surface area contributed by atoms with Gasteiger partial charge in [-0.1, -0.05) is 25.6 Å². The van der Waals surface area contributed by atoms with Crippen molar-refractivity contribution < 1.29 is 18.3 Å². The molecule has 0 aliphatic carbocycles. The van der Waals surface area contributed by atoms with Gasteiger partial charge in [0.05, 0.1) is 6.54 Å². The van der Waals surface area contributed by atoms with Crippen LogP contribution < -0.4 is 11.5 Å². The lowest BCUT2D eigenvalue weighted by Crippen LogP contribution is -2.39. The highest BCUT2D eigenvalue weighted by molar-refractivity contribution is 5.90. The molecule has 1 unspecified atom stereocenters. The van der Waals surface area contributed by atoms with Crippen LogP contribution in [0.3, 0.4) is 0 Å². The van der Waals surface area contributed by atoms with Gasteiger partial charge in [0.1, 0.15) is 17.7 Å². The number of amides is 2. The Kier molecular flexibility index (Phi) is 6.12. The van der Waals surface area contributed by atoms with Gasteiger partial charge < -0.3 is 21.1 Å². The van der Waals surface area contributed by atoms with Crippen molar-refractivity contribution in [2.24, 2.45) is 16.5 Å². The highest BCUT2D eigenvalue weighted by Gasteiger charge is 2.30. The number of nitrogens with two attached hydrogens (primary N) is 2. The molecule has 144 valence electrons. The molecule has 2 amide bonds. The summed E-state index contributed by atoms with van der Waals surface area (Å²) in [7, 11) is 1.52. The summed E-state index contributed by atoms with van der Waals surface area (Å²) in [4.78, 5) is 17.2. The van der Waals surface area contributed by atoms with Crippen molar-refractivity contribution >= 4 is 12.0 Å². The Morgan fingerprint density at radius 1 is 1.22 bits per heavy atom. The minimum Gasteiger partial charge on any atom is -0.375 e. The number of hydrogen-bond acceptors (Lipinski definition) is 2. The number of ether oxygens (including phenoxy) is 1. The van der Waals surface area contributed by atoms with Crippen LogP contribution in [-0.2, 0) is 11.3 Å². The molecule has 0 bridgehead atoms. The Bertz CT molecular complexity index is 882. The van der Waals surface area contributed by atoms with E-state index in [1.54, 1.807) is 12.1 Å². The molecule has 1 aliphatic heterocycles. The molecule has 0 aromatic heterocycles. The van der Waals surface area contributed by atoms with Crippen LogP contribution in [0, 0.1) is 11.6 Å². The van der Waals surface area contributed by atoms with E-state index in [2.05, 4.69) is 4.99 Å². The third kappa shape index (κ3) is 4.06. The topological polar surface area (TPSA) is 93.9 Å². The van der Waals surface area contributed by atoms with Crippen LogP contribution in [0.2, 0.25) is 0 Å². The summed E-state index contributed by atoms with van der Waals surface area (Å²) in [5, 5.41) is 0. The van der Waals surface area contributed by atoms with Gasteiger partial charge >= 0.3 is 6.03 Å². The Morgan fingerprint density at radius 2 is 1.96 bits per heavy atom. The first-order valence-electron chi connectivity index (χ1n) is 7.89. The number of urea groups is 1. The average Bonchev–Trinajstić information content (AvgIpc) is 2.60. The third-order valence-electron chi connectivity index (χ3n) is 4.30. The highest BCUT2D eigenvalue weighted by atomic mass is 19.1. The first kappa shape index (κ1) is 20.3. The zero-order valence-corrected chi connectivity index (χ0v) is 14.1. The van der Waals surface area contributed by atoms with E-state index < -0.39 is 23.8 Å². The monoisotopic (exact) mass is 376 g/mol. The fourth-order valence-corrected chi connectivity index (χ4v) is 3.13. The molecule has 0 saturated carbocycles. The number of rotatable bonds is 2. The van der Waals surface area contributed by atoms with Crippen molar-refractivity contribution in [2.45, 2.75) is 20.1 Å². The number of halogens is 2. The van der Waals surface area contributed by atoms with Crippen LogP contribution >= 0.6 is 0 Å². The van der Waals surface area contributed by atoms with Crippen molar-refractivity contribution in [3.8, 4) is 11.1 Å². The molecular formula is C19H22F2N4O2. The van der Waals surface area contributed by atoms with E-state index in [0.29, 0.717) is 11.1 Å². The maximum absolute atomic E-state index is 14.3. The van der Waals surface area contributed by atoms with Crippen molar-refractivity contribution in [2.75, 3.05) is 13.7 Å². The Balaban J connectivity index is 0.00000261. The summed E-state index contributed by atoms with van der Waals surface area (Å²) in [5.74, 6) is -1.68. The molecule has 0 spiro atoms. The maximum atomic E-state index is 14.3. The standard InChI is InChI=1S/C18H18F2N4O2.CH4/c1-26-16-9-24(18(25)23-17(21)22)8-14-11(3-2-4-13(14)16)12-6-5-10(19)7-15(12)20;/h2-7,16H,8-9H2,1H3,(H4,21,22,23,25);1H4. The summed E-state index contributed by atoms with van der Waals surface area (Å²) in [5.41, 5.74) is 12.9. The Morgan fingerprint density at radius 3 is 2.59 bits per heavy atom. The van der Waals surface area contributed by atoms with Crippen LogP contribution in [-0.4, -0.2) is 30.5 Å². The predicted molar refractivity (Wildman–Crippen MR) is 99.9 cm³/mol. The van der Waals surface area contributed by atoms with Gasteiger partial charge in [-0.15, -0.1) is 0 Å². The summed E-state index contributed by atoms with van der Waals surface area (Å²) in [6.45, 7) is 0.437. The number of nitrogens with zero attached hydrogens (tertiary/aromatic N) is 2. The molecular weight excluding hydrogens is 354 g/mol. The van der Waals surface area contributed by atoms with Crippen molar-refractivity contribution in [3.05, 3.63) is 59.2 Å². The van der Waals surface area contributed by atoms with E-state index in [1.165, 1.54) is 24.1 Å². The molecule has 2 aromatic carbocycles. The SMILES string of the molecule is C.COC1CN(C(=O)N=C(N)N)Cc2c(-c3ccc(F)cc3F)cccc21.